The summed E-state index contributed by atoms with van der Waals surface area (Å²) < 4.78 is 0. The molecule has 0 aliphatic heterocycles. The minimum atomic E-state index is -0.576. The smallest absolute Gasteiger partial charge is 0.0451 e. The molecule has 4 atom stereocenters. The maximum Gasteiger partial charge on any atom is 0.0451 e. The van der Waals surface area contributed by atoms with Crippen molar-refractivity contribution in [2.45, 2.75) is 195 Å². The summed E-state index contributed by atoms with van der Waals surface area (Å²) in [6.07, 6.45) is 43.5. The van der Waals surface area contributed by atoms with Crippen LogP contribution in [0.3, 0.4) is 0 Å². The number of hydrogen-bond donors (Lipinski definition) is 0. The van der Waals surface area contributed by atoms with E-state index in [2.05, 4.69) is 213 Å². The maximum absolute atomic E-state index is 2.82. The van der Waals surface area contributed by atoms with E-state index in [1.165, 1.54) is 92.0 Å². The summed E-state index contributed by atoms with van der Waals surface area (Å²) in [5.41, 5.74) is 13.5. The van der Waals surface area contributed by atoms with Gasteiger partial charge in [0.25, 0.3) is 0 Å². The third-order valence-electron chi connectivity index (χ3n) is 16.8. The van der Waals surface area contributed by atoms with E-state index in [0.717, 1.165) is 64.2 Å². The molecule has 0 N–H and O–H groups in total. The van der Waals surface area contributed by atoms with Gasteiger partial charge < -0.3 is 0 Å². The van der Waals surface area contributed by atoms with Gasteiger partial charge >= 0.3 is 0 Å². The lowest BCUT2D eigenvalue weighted by Gasteiger charge is -2.71. The molecular formula is C69H90. The van der Waals surface area contributed by atoms with E-state index in [4.69, 9.17) is 0 Å². The fourth-order valence-electron chi connectivity index (χ4n) is 14.0. The zero-order valence-electron chi connectivity index (χ0n) is 44.7. The van der Waals surface area contributed by atoms with Crippen molar-refractivity contribution >= 4 is 11.1 Å². The molecule has 0 spiro atoms. The predicted octanol–water partition coefficient (Wildman–Crippen LogP) is 20.3. The first-order chi connectivity index (χ1) is 33.7. The summed E-state index contributed by atoms with van der Waals surface area (Å²) in [6.45, 7) is 19.7. The molecule has 0 amide bonds. The highest BCUT2D eigenvalue weighted by Crippen LogP contribution is 2.79. The van der Waals surface area contributed by atoms with Crippen LogP contribution in [0.4, 0.5) is 0 Å². The Balaban J connectivity index is 1.96. The van der Waals surface area contributed by atoms with Crippen molar-refractivity contribution in [3.8, 4) is 0 Å². The summed E-state index contributed by atoms with van der Waals surface area (Å²) in [7, 11) is 0. The second-order valence-electron chi connectivity index (χ2n) is 22.3. The minimum absolute atomic E-state index is 0.225. The zero-order chi connectivity index (χ0) is 48.8. The number of aryl methyl sites for hydroxylation is 2. The molecule has 4 aromatic carbocycles. The highest BCUT2D eigenvalue weighted by Gasteiger charge is 2.74. The molecule has 0 aromatic heterocycles. The third kappa shape index (κ3) is 9.87. The van der Waals surface area contributed by atoms with Crippen LogP contribution in [0.2, 0.25) is 0 Å². The maximum atomic E-state index is 2.82. The van der Waals surface area contributed by atoms with Crippen LogP contribution in [0.1, 0.15) is 204 Å². The molecule has 0 fully saturated rings. The molecule has 0 bridgehead atoms. The molecule has 0 saturated heterocycles. The van der Waals surface area contributed by atoms with Crippen molar-refractivity contribution in [3.05, 3.63) is 202 Å². The fraction of sp³-hybridized carbons (Fsp3) is 0.478. The molecule has 0 heteroatoms. The van der Waals surface area contributed by atoms with Gasteiger partial charge in [0.1, 0.15) is 0 Å². The van der Waals surface area contributed by atoms with Gasteiger partial charge in [-0.1, -0.05) is 277 Å². The van der Waals surface area contributed by atoms with E-state index in [-0.39, 0.29) is 16.2 Å². The van der Waals surface area contributed by atoms with Crippen LogP contribution in [0.5, 0.6) is 0 Å². The number of allylic oxidation sites excluding steroid dienone is 12. The third-order valence-corrected chi connectivity index (χ3v) is 16.8. The van der Waals surface area contributed by atoms with Crippen molar-refractivity contribution < 1.29 is 0 Å². The van der Waals surface area contributed by atoms with Crippen LogP contribution in [0, 0.1) is 16.2 Å². The minimum Gasteiger partial charge on any atom is -0.0836 e. The van der Waals surface area contributed by atoms with Crippen molar-refractivity contribution in [1.29, 1.82) is 0 Å². The lowest BCUT2D eigenvalue weighted by Crippen LogP contribution is -2.69. The molecule has 4 aromatic rings. The van der Waals surface area contributed by atoms with E-state index in [0.29, 0.717) is 0 Å². The first-order valence-corrected chi connectivity index (χ1v) is 28.1. The second kappa shape index (κ2) is 24.0. The number of unbranched alkanes of at least 4 members (excludes halogenated alkanes) is 8. The molecule has 366 valence electrons. The predicted molar refractivity (Wildman–Crippen MR) is 303 cm³/mol. The highest BCUT2D eigenvalue weighted by molar-refractivity contribution is 6.02. The van der Waals surface area contributed by atoms with E-state index >= 15 is 0 Å². The molecule has 0 radical (unpaired) electrons. The van der Waals surface area contributed by atoms with E-state index in [1.807, 2.05) is 0 Å². The van der Waals surface area contributed by atoms with Gasteiger partial charge in [-0.05, 0) is 125 Å². The van der Waals surface area contributed by atoms with Crippen LogP contribution in [0.15, 0.2) is 169 Å². The van der Waals surface area contributed by atoms with Crippen molar-refractivity contribution in [3.63, 3.8) is 0 Å². The number of hydrogen-bond acceptors (Lipinski definition) is 0. The van der Waals surface area contributed by atoms with Crippen LogP contribution >= 0.6 is 0 Å². The topological polar surface area (TPSA) is 0 Å². The van der Waals surface area contributed by atoms with Gasteiger partial charge in [0.15, 0.2) is 0 Å². The summed E-state index contributed by atoms with van der Waals surface area (Å²) in [4.78, 5) is 0. The molecule has 69 heavy (non-hydrogen) atoms. The van der Waals surface area contributed by atoms with E-state index < -0.39 is 10.8 Å². The van der Waals surface area contributed by atoms with Crippen LogP contribution < -0.4 is 0 Å². The Labute approximate surface area is 422 Å². The van der Waals surface area contributed by atoms with Gasteiger partial charge in [0.05, 0.1) is 0 Å². The average Bonchev–Trinajstić information content (AvgIpc) is 3.38. The zero-order valence-corrected chi connectivity index (χ0v) is 44.7. The van der Waals surface area contributed by atoms with Crippen LogP contribution in [-0.2, 0) is 23.7 Å². The van der Waals surface area contributed by atoms with Gasteiger partial charge in [0.2, 0.25) is 0 Å². The standard InChI is InChI=1S/C69H90/c1-9-14-23-40-56-41-30-32-47-60(56)69(67(49-18-13-5)53-36-22-37-54-67)63(59-46-31-29-39-55(59)38-17-12-4)64(65(6,7)8)62(57-42-25-19-26-43-57)61(48-24-15-10-2)68(69,58-44-27-20-28-45-58)66(50-33-16-11-3)51-34-21-35-52-66/h19-22,25-32,34-37,39,41-47,51,53H,9-18,23-24,33,38,40,48-50,52,54H2,1-8H3. The lowest BCUT2D eigenvalue weighted by molar-refractivity contribution is 0.0375. The second-order valence-corrected chi connectivity index (χ2v) is 22.3. The largest absolute Gasteiger partial charge is 0.0836 e. The number of benzene rings is 4. The fourth-order valence-corrected chi connectivity index (χ4v) is 14.0. The van der Waals surface area contributed by atoms with E-state index in [1.54, 1.807) is 27.8 Å². The van der Waals surface area contributed by atoms with Gasteiger partial charge in [0, 0.05) is 21.7 Å². The summed E-state index contributed by atoms with van der Waals surface area (Å²) in [5, 5.41) is 0. The first-order valence-electron chi connectivity index (χ1n) is 28.1. The number of rotatable bonds is 24. The van der Waals surface area contributed by atoms with E-state index in [9.17, 15) is 0 Å². The Kier molecular flexibility index (Phi) is 18.1. The van der Waals surface area contributed by atoms with Gasteiger partial charge in [-0.15, -0.1) is 0 Å². The van der Waals surface area contributed by atoms with Gasteiger partial charge in [-0.2, -0.15) is 0 Å². The van der Waals surface area contributed by atoms with Crippen molar-refractivity contribution in [2.24, 2.45) is 16.2 Å². The van der Waals surface area contributed by atoms with Crippen LogP contribution in [0.25, 0.3) is 11.1 Å². The Bertz CT molecular complexity index is 2440. The molecule has 4 unspecified atom stereocenters. The first kappa shape index (κ1) is 52.2. The molecule has 0 nitrogen and oxygen atoms in total. The van der Waals surface area contributed by atoms with Crippen molar-refractivity contribution in [1.82, 2.24) is 0 Å². The average molecular weight is 919 g/mol. The van der Waals surface area contributed by atoms with Gasteiger partial charge in [-0.3, -0.25) is 0 Å². The normalized spacial score (nSPS) is 23.6. The SMILES string of the molecule is CCCCCC1=C(c2ccccc2)C(C(C)(C)C)=C(c2ccccc2CCCC)C(c2ccccc2CCCCC)(C2(CCCC)C=CC=CC2)C1(c1ccccc1)C1(CCCCC)C=CC=CC1. The highest BCUT2D eigenvalue weighted by atomic mass is 14.7. The Morgan fingerprint density at radius 3 is 1.55 bits per heavy atom. The molecular weight excluding hydrogens is 829 g/mol. The molecule has 3 aliphatic carbocycles. The van der Waals surface area contributed by atoms with Crippen molar-refractivity contribution in [2.75, 3.05) is 0 Å². The Morgan fingerprint density at radius 1 is 0.449 bits per heavy atom. The van der Waals surface area contributed by atoms with Crippen LogP contribution in [-0.4, -0.2) is 0 Å². The summed E-state index contributed by atoms with van der Waals surface area (Å²) in [5.74, 6) is 0. The molecule has 7 rings (SSSR count). The molecule has 3 aliphatic rings. The lowest BCUT2D eigenvalue weighted by atomic mass is 9.30. The molecule has 0 saturated carbocycles. The monoisotopic (exact) mass is 919 g/mol. The Morgan fingerprint density at radius 2 is 0.957 bits per heavy atom. The van der Waals surface area contributed by atoms with Gasteiger partial charge in [-0.25, -0.2) is 0 Å². The summed E-state index contributed by atoms with van der Waals surface area (Å²) >= 11 is 0. The Hall–Kier alpha value is -4.68. The molecule has 0 heterocycles. The quantitative estimate of drug-likeness (QED) is 0.0615. The summed E-state index contributed by atoms with van der Waals surface area (Å²) in [6, 6.07) is 44.3.